The third-order valence-corrected chi connectivity index (χ3v) is 3.99. The molecule has 2 rings (SSSR count). The van der Waals surface area contributed by atoms with Crippen LogP contribution in [0.4, 0.5) is 5.69 Å². The molecule has 0 heterocycles. The summed E-state index contributed by atoms with van der Waals surface area (Å²) in [5, 5.41) is 16.6. The summed E-state index contributed by atoms with van der Waals surface area (Å²) >= 11 is 5.82. The van der Waals surface area contributed by atoms with E-state index in [-0.39, 0.29) is 24.5 Å². The van der Waals surface area contributed by atoms with Crippen molar-refractivity contribution in [2.45, 2.75) is 26.7 Å². The van der Waals surface area contributed by atoms with Crippen LogP contribution >= 0.6 is 11.6 Å². The van der Waals surface area contributed by atoms with Crippen LogP contribution in [0.2, 0.25) is 5.02 Å². The molecule has 2 amide bonds. The van der Waals surface area contributed by atoms with Crippen LogP contribution < -0.4 is 10.7 Å². The van der Waals surface area contributed by atoms with E-state index in [2.05, 4.69) is 15.8 Å². The topological polar surface area (TPSA) is 90.8 Å². The molecule has 136 valence electrons. The van der Waals surface area contributed by atoms with Crippen molar-refractivity contribution >= 4 is 35.3 Å². The van der Waals surface area contributed by atoms with Crippen LogP contribution in [-0.2, 0) is 9.59 Å². The van der Waals surface area contributed by atoms with Crippen molar-refractivity contribution in [2.24, 2.45) is 5.10 Å². The first-order chi connectivity index (χ1) is 12.3. The number of aromatic hydroxyl groups is 1. The van der Waals surface area contributed by atoms with E-state index in [1.54, 1.807) is 6.07 Å². The lowest BCUT2D eigenvalue weighted by Gasteiger charge is -2.07. The highest BCUT2D eigenvalue weighted by Gasteiger charge is 2.07. The van der Waals surface area contributed by atoms with Crippen molar-refractivity contribution in [1.29, 1.82) is 0 Å². The number of nitrogens with one attached hydrogen (secondary N) is 2. The summed E-state index contributed by atoms with van der Waals surface area (Å²) in [5.41, 5.74) is 5.62. The zero-order valence-corrected chi connectivity index (χ0v) is 15.3. The van der Waals surface area contributed by atoms with Crippen molar-refractivity contribution in [3.63, 3.8) is 0 Å². The number of anilines is 1. The molecular formula is C19H20ClN3O3. The Morgan fingerprint density at radius 2 is 1.81 bits per heavy atom. The van der Waals surface area contributed by atoms with E-state index >= 15 is 0 Å². The Hall–Kier alpha value is -2.86. The fourth-order valence-corrected chi connectivity index (χ4v) is 2.31. The Labute approximate surface area is 156 Å². The van der Waals surface area contributed by atoms with E-state index in [0.717, 1.165) is 11.1 Å². The minimum absolute atomic E-state index is 0.000156. The minimum atomic E-state index is -0.405. The number of carbonyl (C=O) groups excluding carboxylic acids is 2. The van der Waals surface area contributed by atoms with Gasteiger partial charge in [0.05, 0.1) is 6.21 Å². The van der Waals surface area contributed by atoms with Gasteiger partial charge in [-0.05, 0) is 55.3 Å². The van der Waals surface area contributed by atoms with Crippen molar-refractivity contribution in [3.05, 3.63) is 58.1 Å². The van der Waals surface area contributed by atoms with Gasteiger partial charge in [-0.3, -0.25) is 9.59 Å². The van der Waals surface area contributed by atoms with Gasteiger partial charge in [0.25, 0.3) is 0 Å². The maximum atomic E-state index is 11.9. The number of carbonyl (C=O) groups is 2. The molecule has 0 atom stereocenters. The van der Waals surface area contributed by atoms with Gasteiger partial charge in [-0.25, -0.2) is 5.43 Å². The average Bonchev–Trinajstić information content (AvgIpc) is 2.59. The number of phenols is 1. The first-order valence-corrected chi connectivity index (χ1v) is 8.40. The monoisotopic (exact) mass is 373 g/mol. The molecule has 0 saturated heterocycles. The second-order valence-electron chi connectivity index (χ2n) is 5.84. The fourth-order valence-electron chi connectivity index (χ4n) is 2.13. The van der Waals surface area contributed by atoms with Crippen LogP contribution in [-0.4, -0.2) is 23.1 Å². The molecule has 26 heavy (non-hydrogen) atoms. The van der Waals surface area contributed by atoms with E-state index in [0.29, 0.717) is 16.3 Å². The summed E-state index contributed by atoms with van der Waals surface area (Å²) in [5.74, 6) is -0.655. The van der Waals surface area contributed by atoms with Crippen molar-refractivity contribution in [1.82, 2.24) is 5.43 Å². The van der Waals surface area contributed by atoms with Crippen LogP contribution in [0.1, 0.15) is 29.5 Å². The summed E-state index contributed by atoms with van der Waals surface area (Å²) in [6.07, 6.45) is 1.32. The standard InChI is InChI=1S/C19H20ClN3O3/c1-12-3-5-16(9-13(12)2)22-18(25)7-8-19(26)23-21-11-14-10-15(20)4-6-17(14)24/h3-6,9-11,24H,7-8H2,1-2H3,(H,22,25)(H,23,26)/b21-11-. The van der Waals surface area contributed by atoms with Crippen LogP contribution in [0.5, 0.6) is 5.75 Å². The lowest BCUT2D eigenvalue weighted by Crippen LogP contribution is -2.20. The molecule has 7 heteroatoms. The smallest absolute Gasteiger partial charge is 0.240 e. The van der Waals surface area contributed by atoms with Crippen molar-refractivity contribution < 1.29 is 14.7 Å². The van der Waals surface area contributed by atoms with Gasteiger partial charge in [0.1, 0.15) is 5.75 Å². The highest BCUT2D eigenvalue weighted by molar-refractivity contribution is 6.30. The second-order valence-corrected chi connectivity index (χ2v) is 6.28. The highest BCUT2D eigenvalue weighted by atomic mass is 35.5. The molecule has 2 aromatic rings. The third kappa shape index (κ3) is 5.89. The maximum absolute atomic E-state index is 11.9. The van der Waals surface area contributed by atoms with Gasteiger partial charge >= 0.3 is 0 Å². The number of phenolic OH excluding ortho intramolecular Hbond substituents is 1. The molecule has 0 aliphatic heterocycles. The zero-order valence-electron chi connectivity index (χ0n) is 14.5. The van der Waals surface area contributed by atoms with Gasteiger partial charge in [0.2, 0.25) is 11.8 Å². The van der Waals surface area contributed by atoms with Crippen LogP contribution in [0.15, 0.2) is 41.5 Å². The molecule has 0 saturated carbocycles. The van der Waals surface area contributed by atoms with Crippen LogP contribution in [0, 0.1) is 13.8 Å². The number of hydrazone groups is 1. The molecule has 0 aliphatic rings. The summed E-state index contributed by atoms with van der Waals surface area (Å²) in [7, 11) is 0. The molecule has 0 aliphatic carbocycles. The predicted molar refractivity (Wildman–Crippen MR) is 103 cm³/mol. The molecular weight excluding hydrogens is 354 g/mol. The lowest BCUT2D eigenvalue weighted by molar-refractivity contribution is -0.124. The second kappa shape index (κ2) is 9.01. The first-order valence-electron chi connectivity index (χ1n) is 8.02. The minimum Gasteiger partial charge on any atom is -0.507 e. The quantitative estimate of drug-likeness (QED) is 0.534. The number of benzene rings is 2. The zero-order chi connectivity index (χ0) is 19.1. The molecule has 0 radical (unpaired) electrons. The predicted octanol–water partition coefficient (Wildman–Crippen LogP) is 3.53. The Morgan fingerprint density at radius 1 is 1.08 bits per heavy atom. The molecule has 0 aromatic heterocycles. The van der Waals surface area contributed by atoms with E-state index in [9.17, 15) is 14.7 Å². The number of aryl methyl sites for hydroxylation is 2. The fraction of sp³-hybridized carbons (Fsp3) is 0.211. The molecule has 6 nitrogen and oxygen atoms in total. The molecule has 3 N–H and O–H groups in total. The largest absolute Gasteiger partial charge is 0.507 e. The van der Waals surface area contributed by atoms with E-state index in [1.165, 1.54) is 18.3 Å². The van der Waals surface area contributed by atoms with Crippen molar-refractivity contribution in [2.75, 3.05) is 5.32 Å². The van der Waals surface area contributed by atoms with Gasteiger partial charge in [0, 0.05) is 29.1 Å². The van der Waals surface area contributed by atoms with Crippen LogP contribution in [0.25, 0.3) is 0 Å². The van der Waals surface area contributed by atoms with E-state index in [1.807, 2.05) is 32.0 Å². The number of halogens is 1. The Balaban J connectivity index is 1.79. The molecule has 0 unspecified atom stereocenters. The number of nitrogens with zero attached hydrogens (tertiary/aromatic N) is 1. The van der Waals surface area contributed by atoms with Crippen LogP contribution in [0.3, 0.4) is 0 Å². The maximum Gasteiger partial charge on any atom is 0.240 e. The summed E-state index contributed by atoms with van der Waals surface area (Å²) in [4.78, 5) is 23.7. The normalized spacial score (nSPS) is 10.7. The molecule has 2 aromatic carbocycles. The number of hydrogen-bond acceptors (Lipinski definition) is 4. The summed E-state index contributed by atoms with van der Waals surface area (Å²) in [6, 6.07) is 10.1. The molecule has 0 fully saturated rings. The van der Waals surface area contributed by atoms with Gasteiger partial charge in [-0.1, -0.05) is 17.7 Å². The Bertz CT molecular complexity index is 850. The van der Waals surface area contributed by atoms with Gasteiger partial charge in [0.15, 0.2) is 0 Å². The van der Waals surface area contributed by atoms with Gasteiger partial charge in [-0.15, -0.1) is 0 Å². The summed E-state index contributed by atoms with van der Waals surface area (Å²) < 4.78 is 0. The molecule has 0 spiro atoms. The Kier molecular flexibility index (Phi) is 6.74. The van der Waals surface area contributed by atoms with Crippen molar-refractivity contribution in [3.8, 4) is 5.75 Å². The SMILES string of the molecule is Cc1ccc(NC(=O)CCC(=O)N/N=C\c2cc(Cl)ccc2O)cc1C. The van der Waals surface area contributed by atoms with Gasteiger partial charge in [-0.2, -0.15) is 5.10 Å². The first kappa shape index (κ1) is 19.5. The summed E-state index contributed by atoms with van der Waals surface area (Å²) in [6.45, 7) is 3.96. The number of hydrogen-bond donors (Lipinski definition) is 3. The van der Waals surface area contributed by atoms with E-state index < -0.39 is 5.91 Å². The average molecular weight is 374 g/mol. The van der Waals surface area contributed by atoms with E-state index in [4.69, 9.17) is 11.6 Å². The highest BCUT2D eigenvalue weighted by Crippen LogP contribution is 2.19. The Morgan fingerprint density at radius 3 is 2.54 bits per heavy atom. The number of rotatable bonds is 6. The molecule has 0 bridgehead atoms. The van der Waals surface area contributed by atoms with Gasteiger partial charge < -0.3 is 10.4 Å². The number of amides is 2. The lowest BCUT2D eigenvalue weighted by atomic mass is 10.1. The third-order valence-electron chi connectivity index (χ3n) is 3.75.